The van der Waals surface area contributed by atoms with Crippen LogP contribution in [0.15, 0.2) is 12.2 Å². The summed E-state index contributed by atoms with van der Waals surface area (Å²) in [5, 5.41) is 0. The van der Waals surface area contributed by atoms with Gasteiger partial charge in [0.25, 0.3) is 0 Å². The predicted octanol–water partition coefficient (Wildman–Crippen LogP) is 6.86. The van der Waals surface area contributed by atoms with Gasteiger partial charge in [-0.05, 0) is 98.2 Å². The highest BCUT2D eigenvalue weighted by atomic mass is 14.6. The first-order valence-corrected chi connectivity index (χ1v) is 10.8. The fourth-order valence-electron chi connectivity index (χ4n) is 7.99. The van der Waals surface area contributed by atoms with Crippen molar-refractivity contribution in [1.29, 1.82) is 0 Å². The molecule has 23 heavy (non-hydrogen) atoms. The van der Waals surface area contributed by atoms with Crippen LogP contribution in [0.2, 0.25) is 0 Å². The minimum atomic E-state index is 0.682. The van der Waals surface area contributed by atoms with Crippen LogP contribution in [0.25, 0.3) is 0 Å². The molecule has 0 amide bonds. The minimum Gasteiger partial charge on any atom is -0.0882 e. The standard InChI is InChI=1S/C23H38/c1-4-7-16(2)21-12-13-22-20-11-10-17-8-5-6-9-18(17)19(20)14-15-23(21,22)3/h6,9,16-22H,4-5,7-8,10-15H2,1-3H3/t16-,17?,18+,19-,20-,21-,22+,23-/m1/s1. The first-order valence-electron chi connectivity index (χ1n) is 10.8. The van der Waals surface area contributed by atoms with Gasteiger partial charge in [-0.25, -0.2) is 0 Å². The van der Waals surface area contributed by atoms with Gasteiger partial charge in [-0.3, -0.25) is 0 Å². The number of hydrogen-bond donors (Lipinski definition) is 0. The van der Waals surface area contributed by atoms with Gasteiger partial charge in [-0.2, -0.15) is 0 Å². The molecule has 0 radical (unpaired) electrons. The highest BCUT2D eigenvalue weighted by molar-refractivity contribution is 5.10. The number of allylic oxidation sites excluding steroid dienone is 2. The van der Waals surface area contributed by atoms with E-state index in [1.165, 1.54) is 44.9 Å². The van der Waals surface area contributed by atoms with E-state index in [1.54, 1.807) is 19.3 Å². The zero-order valence-corrected chi connectivity index (χ0v) is 15.8. The Hall–Kier alpha value is -0.260. The molecular formula is C23H38. The van der Waals surface area contributed by atoms with Crippen LogP contribution in [0.5, 0.6) is 0 Å². The summed E-state index contributed by atoms with van der Waals surface area (Å²) in [5.41, 5.74) is 0.682. The second-order valence-electron chi connectivity index (χ2n) is 9.85. The SMILES string of the molecule is CCC[C@@H](C)[C@H]1CC[C@H]2[C@@H]3CCC4CCC=C[C@@H]4[C@H]3CC[C@]12C. The van der Waals surface area contributed by atoms with E-state index in [0.29, 0.717) is 5.41 Å². The normalized spacial score (nSPS) is 50.0. The van der Waals surface area contributed by atoms with Crippen LogP contribution in [0, 0.1) is 46.8 Å². The summed E-state index contributed by atoms with van der Waals surface area (Å²) in [6.07, 6.45) is 20.1. The number of fused-ring (bicyclic) bond motifs is 5. The average molecular weight is 315 g/mol. The topological polar surface area (TPSA) is 0 Å². The van der Waals surface area contributed by atoms with Crippen LogP contribution >= 0.6 is 0 Å². The maximum Gasteiger partial charge on any atom is -0.0174 e. The van der Waals surface area contributed by atoms with Crippen molar-refractivity contribution in [2.24, 2.45) is 46.8 Å². The lowest BCUT2D eigenvalue weighted by Crippen LogP contribution is -2.48. The molecule has 4 aliphatic rings. The lowest BCUT2D eigenvalue weighted by Gasteiger charge is -2.55. The van der Waals surface area contributed by atoms with E-state index >= 15 is 0 Å². The molecule has 0 nitrogen and oxygen atoms in total. The third kappa shape index (κ3) is 2.54. The quantitative estimate of drug-likeness (QED) is 0.499. The largest absolute Gasteiger partial charge is 0.0882 e. The van der Waals surface area contributed by atoms with Crippen LogP contribution in [-0.2, 0) is 0 Å². The van der Waals surface area contributed by atoms with Crippen LogP contribution in [0.1, 0.15) is 85.0 Å². The van der Waals surface area contributed by atoms with Gasteiger partial charge in [0.05, 0.1) is 0 Å². The molecule has 0 aliphatic heterocycles. The minimum absolute atomic E-state index is 0.682. The molecule has 4 rings (SSSR count). The van der Waals surface area contributed by atoms with Crippen molar-refractivity contribution in [1.82, 2.24) is 0 Å². The Balaban J connectivity index is 1.55. The maximum atomic E-state index is 2.71. The summed E-state index contributed by atoms with van der Waals surface area (Å²) in [4.78, 5) is 0. The average Bonchev–Trinajstić information content (AvgIpc) is 2.92. The first-order chi connectivity index (χ1) is 11.1. The Morgan fingerprint density at radius 1 is 1.04 bits per heavy atom. The lowest BCUT2D eigenvalue weighted by molar-refractivity contribution is -0.0509. The van der Waals surface area contributed by atoms with Gasteiger partial charge in [0.2, 0.25) is 0 Å². The van der Waals surface area contributed by atoms with Gasteiger partial charge < -0.3 is 0 Å². The molecular weight excluding hydrogens is 276 g/mol. The molecule has 0 aromatic carbocycles. The molecule has 0 saturated heterocycles. The summed E-state index contributed by atoms with van der Waals surface area (Å²) in [6.45, 7) is 7.65. The molecule has 3 fully saturated rings. The number of hydrogen-bond acceptors (Lipinski definition) is 0. The van der Waals surface area contributed by atoms with Gasteiger partial charge >= 0.3 is 0 Å². The Kier molecular flexibility index (Phi) is 4.39. The second kappa shape index (κ2) is 6.23. The van der Waals surface area contributed by atoms with Crippen molar-refractivity contribution in [3.05, 3.63) is 12.2 Å². The molecule has 8 atom stereocenters. The third-order valence-electron chi connectivity index (χ3n) is 8.97. The smallest absolute Gasteiger partial charge is 0.0174 e. The molecule has 0 heterocycles. The molecule has 0 bridgehead atoms. The summed E-state index contributed by atoms with van der Waals surface area (Å²) in [6, 6.07) is 0. The summed E-state index contributed by atoms with van der Waals surface area (Å²) in [5.74, 6) is 7.15. The summed E-state index contributed by atoms with van der Waals surface area (Å²) >= 11 is 0. The van der Waals surface area contributed by atoms with E-state index in [1.807, 2.05) is 0 Å². The molecule has 0 aromatic heterocycles. The van der Waals surface area contributed by atoms with E-state index in [2.05, 4.69) is 32.9 Å². The molecule has 1 unspecified atom stereocenters. The van der Waals surface area contributed by atoms with Crippen molar-refractivity contribution in [3.8, 4) is 0 Å². The van der Waals surface area contributed by atoms with Crippen molar-refractivity contribution >= 4 is 0 Å². The van der Waals surface area contributed by atoms with E-state index in [-0.39, 0.29) is 0 Å². The Morgan fingerprint density at radius 2 is 1.91 bits per heavy atom. The predicted molar refractivity (Wildman–Crippen MR) is 99.2 cm³/mol. The van der Waals surface area contributed by atoms with Crippen LogP contribution in [0.4, 0.5) is 0 Å². The Morgan fingerprint density at radius 3 is 2.74 bits per heavy atom. The molecule has 0 N–H and O–H groups in total. The number of rotatable bonds is 3. The van der Waals surface area contributed by atoms with Crippen LogP contribution in [-0.4, -0.2) is 0 Å². The molecule has 130 valence electrons. The van der Waals surface area contributed by atoms with Crippen molar-refractivity contribution in [2.45, 2.75) is 85.0 Å². The zero-order chi connectivity index (χ0) is 16.0. The van der Waals surface area contributed by atoms with Crippen LogP contribution in [0.3, 0.4) is 0 Å². The highest BCUT2D eigenvalue weighted by Gasteiger charge is 2.56. The molecule has 0 spiro atoms. The summed E-state index contributed by atoms with van der Waals surface area (Å²) in [7, 11) is 0. The fourth-order valence-corrected chi connectivity index (χ4v) is 7.99. The van der Waals surface area contributed by atoms with E-state index in [4.69, 9.17) is 0 Å². The Bertz CT molecular complexity index is 449. The van der Waals surface area contributed by atoms with Crippen molar-refractivity contribution in [3.63, 3.8) is 0 Å². The molecule has 3 saturated carbocycles. The van der Waals surface area contributed by atoms with Gasteiger partial charge in [0.15, 0.2) is 0 Å². The van der Waals surface area contributed by atoms with Gasteiger partial charge in [0, 0.05) is 0 Å². The zero-order valence-electron chi connectivity index (χ0n) is 15.8. The maximum absolute atomic E-state index is 2.71. The fraction of sp³-hybridized carbons (Fsp3) is 0.913. The van der Waals surface area contributed by atoms with Gasteiger partial charge in [-0.1, -0.05) is 45.8 Å². The van der Waals surface area contributed by atoms with E-state index in [9.17, 15) is 0 Å². The van der Waals surface area contributed by atoms with Crippen molar-refractivity contribution in [2.75, 3.05) is 0 Å². The Labute approximate surface area is 144 Å². The molecule has 0 heteroatoms. The summed E-state index contributed by atoms with van der Waals surface area (Å²) < 4.78 is 0. The van der Waals surface area contributed by atoms with Crippen molar-refractivity contribution < 1.29 is 0 Å². The molecule has 4 aliphatic carbocycles. The van der Waals surface area contributed by atoms with Gasteiger partial charge in [0.1, 0.15) is 0 Å². The highest BCUT2D eigenvalue weighted by Crippen LogP contribution is 2.65. The van der Waals surface area contributed by atoms with Gasteiger partial charge in [-0.15, -0.1) is 0 Å². The van der Waals surface area contributed by atoms with E-state index < -0.39 is 0 Å². The van der Waals surface area contributed by atoms with Crippen LogP contribution < -0.4 is 0 Å². The first kappa shape index (κ1) is 16.2. The monoisotopic (exact) mass is 314 g/mol. The molecule has 0 aromatic rings. The lowest BCUT2D eigenvalue weighted by atomic mass is 9.50. The second-order valence-corrected chi connectivity index (χ2v) is 9.85. The third-order valence-corrected chi connectivity index (χ3v) is 8.97. The van der Waals surface area contributed by atoms with E-state index in [0.717, 1.165) is 41.4 Å².